The summed E-state index contributed by atoms with van der Waals surface area (Å²) in [6, 6.07) is 17.1. The van der Waals surface area contributed by atoms with Crippen molar-refractivity contribution in [2.75, 3.05) is 14.2 Å². The third kappa shape index (κ3) is 4.43. The number of benzene rings is 3. The van der Waals surface area contributed by atoms with E-state index in [2.05, 4.69) is 36.1 Å². The minimum atomic E-state index is -0.322. The molecule has 0 saturated heterocycles. The number of phenolic OH excluding ortho intramolecular Hbond substituents is 1. The van der Waals surface area contributed by atoms with Crippen LogP contribution in [-0.2, 0) is 6.61 Å². The predicted molar refractivity (Wildman–Crippen MR) is 149 cm³/mol. The predicted octanol–water partition coefficient (Wildman–Crippen LogP) is 6.14. The number of aromatic nitrogens is 4. The van der Waals surface area contributed by atoms with Crippen LogP contribution in [-0.4, -0.2) is 38.9 Å². The average Bonchev–Trinajstić information content (AvgIpc) is 3.37. The van der Waals surface area contributed by atoms with Gasteiger partial charge in [-0.2, -0.15) is 0 Å². The molecule has 3 aromatic carbocycles. The van der Waals surface area contributed by atoms with E-state index in [1.54, 1.807) is 37.2 Å². The van der Waals surface area contributed by atoms with Gasteiger partial charge in [-0.3, -0.25) is 0 Å². The van der Waals surface area contributed by atoms with Crippen LogP contribution < -0.4 is 18.9 Å². The van der Waals surface area contributed by atoms with E-state index in [0.29, 0.717) is 40.5 Å². The third-order valence-corrected chi connectivity index (χ3v) is 7.12. The van der Waals surface area contributed by atoms with Gasteiger partial charge in [-0.15, -0.1) is 5.10 Å². The number of methoxy groups -OCH3 is 2. The van der Waals surface area contributed by atoms with Gasteiger partial charge in [0.2, 0.25) is 5.88 Å². The Morgan fingerprint density at radius 3 is 2.58 bits per heavy atom. The van der Waals surface area contributed by atoms with Gasteiger partial charge in [0.1, 0.15) is 30.2 Å². The fourth-order valence-electron chi connectivity index (χ4n) is 5.17. The summed E-state index contributed by atoms with van der Waals surface area (Å²) in [5, 5.41) is 14.8. The first-order valence-electron chi connectivity index (χ1n) is 13.1. The summed E-state index contributed by atoms with van der Waals surface area (Å²) >= 11 is 0. The van der Waals surface area contributed by atoms with E-state index >= 15 is 0 Å². The fraction of sp³-hybridized carbons (Fsp3) is 0.258. The zero-order valence-corrected chi connectivity index (χ0v) is 23.0. The first kappa shape index (κ1) is 25.5. The molecule has 9 heteroatoms. The Morgan fingerprint density at radius 2 is 1.80 bits per heavy atom. The van der Waals surface area contributed by atoms with Crippen molar-refractivity contribution in [1.29, 1.82) is 0 Å². The first-order valence-corrected chi connectivity index (χ1v) is 13.1. The number of nitrogens with zero attached hydrogens (tertiary/aromatic N) is 4. The summed E-state index contributed by atoms with van der Waals surface area (Å²) in [7, 11) is 3.21. The number of fused-ring (bicyclic) bond motifs is 4. The minimum Gasteiger partial charge on any atom is -0.508 e. The number of aromatic hydroxyl groups is 1. The highest BCUT2D eigenvalue weighted by Gasteiger charge is 2.34. The van der Waals surface area contributed by atoms with Gasteiger partial charge in [-0.25, -0.2) is 14.5 Å². The number of rotatable bonds is 7. The van der Waals surface area contributed by atoms with E-state index < -0.39 is 0 Å². The van der Waals surface area contributed by atoms with Crippen LogP contribution in [0.3, 0.4) is 0 Å². The second-order valence-corrected chi connectivity index (χ2v) is 10.1. The number of hydrogen-bond acceptors (Lipinski definition) is 8. The highest BCUT2D eigenvalue weighted by atomic mass is 16.5. The van der Waals surface area contributed by atoms with Crippen molar-refractivity contribution < 1.29 is 24.1 Å². The van der Waals surface area contributed by atoms with Crippen molar-refractivity contribution >= 4 is 5.65 Å². The molecule has 1 N–H and O–H groups in total. The molecule has 0 radical (unpaired) electrons. The Labute approximate surface area is 232 Å². The maximum Gasteiger partial charge on any atom is 0.228 e. The lowest BCUT2D eigenvalue weighted by molar-refractivity contribution is 0.291. The SMILES string of the molecule is COc1ccc(C2c3ccc(O)cc3Oc3ncn4nc(COc5cc(C)ccc5C(C)C)nc4c32)cc1OC. The minimum absolute atomic E-state index is 0.105. The van der Waals surface area contributed by atoms with Crippen LogP contribution in [0, 0.1) is 6.92 Å². The molecule has 1 aliphatic rings. The van der Waals surface area contributed by atoms with Gasteiger partial charge in [-0.1, -0.05) is 38.1 Å². The number of ether oxygens (including phenoxy) is 4. The van der Waals surface area contributed by atoms with Crippen LogP contribution >= 0.6 is 0 Å². The molecular formula is C31H30N4O5. The Morgan fingerprint density at radius 1 is 0.975 bits per heavy atom. The highest BCUT2D eigenvalue weighted by Crippen LogP contribution is 2.49. The number of hydrogen-bond donors (Lipinski definition) is 1. The van der Waals surface area contributed by atoms with Gasteiger partial charge < -0.3 is 24.1 Å². The molecule has 1 unspecified atom stereocenters. The molecule has 6 rings (SSSR count). The Hall–Kier alpha value is -4.79. The second-order valence-electron chi connectivity index (χ2n) is 10.1. The molecule has 3 heterocycles. The van der Waals surface area contributed by atoms with E-state index in [1.807, 2.05) is 37.3 Å². The van der Waals surface area contributed by atoms with E-state index in [-0.39, 0.29) is 18.3 Å². The molecule has 0 saturated carbocycles. The van der Waals surface area contributed by atoms with Gasteiger partial charge in [-0.05, 0) is 53.8 Å². The lowest BCUT2D eigenvalue weighted by Crippen LogP contribution is -2.15. The van der Waals surface area contributed by atoms with Crippen LogP contribution in [0.25, 0.3) is 5.65 Å². The molecule has 0 bridgehead atoms. The largest absolute Gasteiger partial charge is 0.508 e. The summed E-state index contributed by atoms with van der Waals surface area (Å²) in [5.74, 6) is 3.59. The smallest absolute Gasteiger partial charge is 0.228 e. The number of aryl methyl sites for hydroxylation is 1. The summed E-state index contributed by atoms with van der Waals surface area (Å²) in [6.45, 7) is 6.53. The standard InChI is InChI=1S/C31H30N4O5/c1-17(2)21-9-6-18(3)12-24(21)39-15-27-33-30-29-28(19-7-11-23(37-4)26(13-19)38-5)22-10-8-20(36)14-25(22)40-31(29)32-16-35(30)34-27/h6-14,16-17,28,36H,15H2,1-5H3. The number of phenols is 1. The molecule has 40 heavy (non-hydrogen) atoms. The van der Waals surface area contributed by atoms with Crippen LogP contribution in [0.4, 0.5) is 0 Å². The van der Waals surface area contributed by atoms with Crippen molar-refractivity contribution in [3.8, 4) is 34.6 Å². The first-order chi connectivity index (χ1) is 19.4. The molecule has 1 atom stereocenters. The topological polar surface area (TPSA) is 100 Å². The molecule has 9 nitrogen and oxygen atoms in total. The normalized spacial score (nSPS) is 14.0. The second kappa shape index (κ2) is 10.1. The molecule has 5 aromatic rings. The molecule has 0 spiro atoms. The Balaban J connectivity index is 1.45. The van der Waals surface area contributed by atoms with E-state index in [0.717, 1.165) is 33.6 Å². The van der Waals surface area contributed by atoms with Crippen molar-refractivity contribution in [2.45, 2.75) is 39.2 Å². The maximum absolute atomic E-state index is 10.2. The van der Waals surface area contributed by atoms with Gasteiger partial charge in [0.05, 0.1) is 19.8 Å². The zero-order chi connectivity index (χ0) is 28.0. The lowest BCUT2D eigenvalue weighted by atomic mass is 9.83. The summed E-state index contributed by atoms with van der Waals surface area (Å²) in [4.78, 5) is 9.45. The van der Waals surface area contributed by atoms with Crippen molar-refractivity contribution in [2.24, 2.45) is 0 Å². The fourth-order valence-corrected chi connectivity index (χ4v) is 5.17. The van der Waals surface area contributed by atoms with Gasteiger partial charge >= 0.3 is 0 Å². The van der Waals surface area contributed by atoms with Crippen LogP contribution in [0.15, 0.2) is 60.9 Å². The highest BCUT2D eigenvalue weighted by molar-refractivity contribution is 5.67. The molecule has 1 aliphatic heterocycles. The van der Waals surface area contributed by atoms with E-state index in [9.17, 15) is 5.11 Å². The van der Waals surface area contributed by atoms with Crippen LogP contribution in [0.1, 0.15) is 59.3 Å². The molecule has 2 aromatic heterocycles. The third-order valence-electron chi connectivity index (χ3n) is 7.12. The Kier molecular flexibility index (Phi) is 6.42. The maximum atomic E-state index is 10.2. The van der Waals surface area contributed by atoms with Crippen LogP contribution in [0.5, 0.6) is 34.6 Å². The molecule has 0 amide bonds. The lowest BCUT2D eigenvalue weighted by Gasteiger charge is -2.28. The van der Waals surface area contributed by atoms with E-state index in [4.69, 9.17) is 23.9 Å². The van der Waals surface area contributed by atoms with Crippen molar-refractivity contribution in [1.82, 2.24) is 19.6 Å². The quantitative estimate of drug-likeness (QED) is 0.259. The average molecular weight is 539 g/mol. The summed E-state index contributed by atoms with van der Waals surface area (Å²) < 4.78 is 25.1. The van der Waals surface area contributed by atoms with Crippen molar-refractivity contribution in [3.63, 3.8) is 0 Å². The summed E-state index contributed by atoms with van der Waals surface area (Å²) in [5.41, 5.74) is 5.40. The van der Waals surface area contributed by atoms with Crippen molar-refractivity contribution in [3.05, 3.63) is 94.6 Å². The van der Waals surface area contributed by atoms with Gasteiger partial charge in [0.25, 0.3) is 0 Å². The van der Waals surface area contributed by atoms with Crippen LogP contribution in [0.2, 0.25) is 0 Å². The molecule has 204 valence electrons. The molecular weight excluding hydrogens is 508 g/mol. The van der Waals surface area contributed by atoms with Gasteiger partial charge in [0.15, 0.2) is 23.0 Å². The Bertz CT molecular complexity index is 1730. The van der Waals surface area contributed by atoms with E-state index in [1.165, 1.54) is 0 Å². The molecule has 0 fully saturated rings. The molecule has 0 aliphatic carbocycles. The zero-order valence-electron chi connectivity index (χ0n) is 23.0. The monoisotopic (exact) mass is 538 g/mol. The van der Waals surface area contributed by atoms with Gasteiger partial charge in [0, 0.05) is 17.5 Å². The summed E-state index contributed by atoms with van der Waals surface area (Å²) in [6.07, 6.45) is 1.58.